The van der Waals surface area contributed by atoms with Gasteiger partial charge in [0.1, 0.15) is 0 Å². The average Bonchev–Trinajstić information content (AvgIpc) is 2.88. The second-order valence-corrected chi connectivity index (χ2v) is 5.24. The molecule has 0 aliphatic carbocycles. The van der Waals surface area contributed by atoms with Crippen LogP contribution in [0, 0.1) is 0 Å². The molecule has 2 aromatic rings. The van der Waals surface area contributed by atoms with E-state index in [1.807, 2.05) is 0 Å². The summed E-state index contributed by atoms with van der Waals surface area (Å²) in [7, 11) is 1.73. The Labute approximate surface area is 121 Å². The summed E-state index contributed by atoms with van der Waals surface area (Å²) in [5.41, 5.74) is 2.72. The molecule has 3 nitrogen and oxygen atoms in total. The minimum absolute atomic E-state index is 0.758. The Morgan fingerprint density at radius 1 is 1.20 bits per heavy atom. The number of hydrogen-bond donors (Lipinski definition) is 1. The molecule has 1 aromatic heterocycles. The van der Waals surface area contributed by atoms with Gasteiger partial charge in [0.15, 0.2) is 0 Å². The standard InChI is InChI=1S/C17H26N2O/c1-3-4-5-11-19-12-9-16-15(7-6-8-17(16)19)14-18-10-13-20-2/h6-9,12,18H,3-5,10-11,13-14H2,1-2H3. The van der Waals surface area contributed by atoms with Crippen LogP contribution in [0.4, 0.5) is 0 Å². The van der Waals surface area contributed by atoms with Crippen LogP contribution in [0.3, 0.4) is 0 Å². The molecule has 0 radical (unpaired) electrons. The molecule has 2 rings (SSSR count). The highest BCUT2D eigenvalue weighted by Gasteiger charge is 2.05. The molecule has 20 heavy (non-hydrogen) atoms. The first-order chi connectivity index (χ1) is 9.86. The number of benzene rings is 1. The largest absolute Gasteiger partial charge is 0.383 e. The van der Waals surface area contributed by atoms with Crippen molar-refractivity contribution in [3.05, 3.63) is 36.0 Å². The van der Waals surface area contributed by atoms with Crippen LogP contribution in [0.2, 0.25) is 0 Å². The number of nitrogens with one attached hydrogen (secondary N) is 1. The van der Waals surface area contributed by atoms with Crippen molar-refractivity contribution in [1.29, 1.82) is 0 Å². The van der Waals surface area contributed by atoms with Gasteiger partial charge in [0.05, 0.1) is 6.61 Å². The molecule has 3 heteroatoms. The summed E-state index contributed by atoms with van der Waals surface area (Å²) >= 11 is 0. The minimum Gasteiger partial charge on any atom is -0.383 e. The Morgan fingerprint density at radius 3 is 2.90 bits per heavy atom. The van der Waals surface area contributed by atoms with Gasteiger partial charge < -0.3 is 14.6 Å². The SMILES string of the molecule is CCCCCn1ccc2c(CNCCOC)cccc21. The first-order valence-corrected chi connectivity index (χ1v) is 7.63. The van der Waals surface area contributed by atoms with E-state index in [0.29, 0.717) is 0 Å². The van der Waals surface area contributed by atoms with E-state index in [4.69, 9.17) is 4.74 Å². The molecule has 0 aliphatic heterocycles. The van der Waals surface area contributed by atoms with Gasteiger partial charge in [-0.3, -0.25) is 0 Å². The summed E-state index contributed by atoms with van der Waals surface area (Å²) < 4.78 is 7.44. The lowest BCUT2D eigenvalue weighted by molar-refractivity contribution is 0.199. The average molecular weight is 274 g/mol. The van der Waals surface area contributed by atoms with E-state index in [0.717, 1.165) is 26.2 Å². The van der Waals surface area contributed by atoms with Gasteiger partial charge in [-0.2, -0.15) is 0 Å². The Bertz CT molecular complexity index is 519. The third-order valence-electron chi connectivity index (χ3n) is 3.70. The lowest BCUT2D eigenvalue weighted by atomic mass is 10.1. The van der Waals surface area contributed by atoms with Crippen molar-refractivity contribution in [3.8, 4) is 0 Å². The predicted molar refractivity (Wildman–Crippen MR) is 85.0 cm³/mol. The first-order valence-electron chi connectivity index (χ1n) is 7.63. The van der Waals surface area contributed by atoms with Crippen LogP contribution in [0.5, 0.6) is 0 Å². The van der Waals surface area contributed by atoms with E-state index in [1.54, 1.807) is 7.11 Å². The van der Waals surface area contributed by atoms with Crippen LogP contribution >= 0.6 is 0 Å². The van der Waals surface area contributed by atoms with Crippen LogP contribution in [-0.2, 0) is 17.8 Å². The number of aryl methyl sites for hydroxylation is 1. The molecule has 0 amide bonds. The topological polar surface area (TPSA) is 26.2 Å². The van der Waals surface area contributed by atoms with Crippen LogP contribution in [0.25, 0.3) is 10.9 Å². The molecular formula is C17H26N2O. The molecular weight excluding hydrogens is 248 g/mol. The zero-order valence-electron chi connectivity index (χ0n) is 12.7. The summed E-state index contributed by atoms with van der Waals surface area (Å²) in [4.78, 5) is 0. The molecule has 1 heterocycles. The maximum absolute atomic E-state index is 5.06. The molecule has 1 N–H and O–H groups in total. The van der Waals surface area contributed by atoms with E-state index >= 15 is 0 Å². The number of hydrogen-bond acceptors (Lipinski definition) is 2. The van der Waals surface area contributed by atoms with Crippen LogP contribution in [0.1, 0.15) is 31.7 Å². The maximum Gasteiger partial charge on any atom is 0.0587 e. The molecule has 0 saturated heterocycles. The van der Waals surface area contributed by atoms with Crippen molar-refractivity contribution in [3.63, 3.8) is 0 Å². The second-order valence-electron chi connectivity index (χ2n) is 5.24. The number of rotatable bonds is 9. The number of methoxy groups -OCH3 is 1. The van der Waals surface area contributed by atoms with E-state index in [2.05, 4.69) is 47.3 Å². The van der Waals surface area contributed by atoms with Crippen molar-refractivity contribution in [1.82, 2.24) is 9.88 Å². The Hall–Kier alpha value is -1.32. The molecule has 0 atom stereocenters. The highest BCUT2D eigenvalue weighted by molar-refractivity contribution is 5.83. The van der Waals surface area contributed by atoms with Gasteiger partial charge in [-0.1, -0.05) is 31.9 Å². The fourth-order valence-corrected chi connectivity index (χ4v) is 2.57. The maximum atomic E-state index is 5.06. The normalized spacial score (nSPS) is 11.3. The zero-order chi connectivity index (χ0) is 14.2. The van der Waals surface area contributed by atoms with Crippen molar-refractivity contribution in [2.45, 2.75) is 39.3 Å². The quantitative estimate of drug-likeness (QED) is 0.708. The van der Waals surface area contributed by atoms with Gasteiger partial charge in [-0.05, 0) is 24.1 Å². The summed E-state index contributed by atoms with van der Waals surface area (Å²) in [6.45, 7) is 5.92. The predicted octanol–water partition coefficient (Wildman–Crippen LogP) is 3.57. The summed E-state index contributed by atoms with van der Waals surface area (Å²) in [5.74, 6) is 0. The summed E-state index contributed by atoms with van der Waals surface area (Å²) in [6.07, 6.45) is 6.06. The van der Waals surface area contributed by atoms with Crippen LogP contribution in [0.15, 0.2) is 30.5 Å². The molecule has 0 unspecified atom stereocenters. The minimum atomic E-state index is 0.758. The number of nitrogens with zero attached hydrogens (tertiary/aromatic N) is 1. The van der Waals surface area contributed by atoms with Crippen molar-refractivity contribution in [2.75, 3.05) is 20.3 Å². The number of ether oxygens (including phenoxy) is 1. The monoisotopic (exact) mass is 274 g/mol. The first kappa shape index (κ1) is 15.1. The third-order valence-corrected chi connectivity index (χ3v) is 3.70. The van der Waals surface area contributed by atoms with Crippen LogP contribution in [-0.4, -0.2) is 24.8 Å². The van der Waals surface area contributed by atoms with Gasteiger partial charge in [0.2, 0.25) is 0 Å². The van der Waals surface area contributed by atoms with E-state index < -0.39 is 0 Å². The summed E-state index contributed by atoms with van der Waals surface area (Å²) in [6, 6.07) is 8.83. The van der Waals surface area contributed by atoms with E-state index in [1.165, 1.54) is 35.7 Å². The fraction of sp³-hybridized carbons (Fsp3) is 0.529. The third kappa shape index (κ3) is 3.84. The molecule has 0 spiro atoms. The summed E-state index contributed by atoms with van der Waals surface area (Å²) in [5, 5.41) is 4.79. The van der Waals surface area contributed by atoms with E-state index in [-0.39, 0.29) is 0 Å². The Kier molecular flexibility index (Phi) is 6.09. The van der Waals surface area contributed by atoms with Crippen molar-refractivity contribution in [2.24, 2.45) is 0 Å². The Balaban J connectivity index is 2.04. The van der Waals surface area contributed by atoms with Gasteiger partial charge >= 0.3 is 0 Å². The van der Waals surface area contributed by atoms with Gasteiger partial charge in [-0.25, -0.2) is 0 Å². The second kappa shape index (κ2) is 8.08. The smallest absolute Gasteiger partial charge is 0.0587 e. The highest BCUT2D eigenvalue weighted by atomic mass is 16.5. The molecule has 0 bridgehead atoms. The Morgan fingerprint density at radius 2 is 2.10 bits per heavy atom. The van der Waals surface area contributed by atoms with Crippen molar-refractivity contribution < 1.29 is 4.74 Å². The van der Waals surface area contributed by atoms with Crippen molar-refractivity contribution >= 4 is 10.9 Å². The zero-order valence-corrected chi connectivity index (χ0v) is 12.7. The lowest BCUT2D eigenvalue weighted by Gasteiger charge is -2.08. The van der Waals surface area contributed by atoms with Gasteiger partial charge in [0, 0.05) is 43.8 Å². The van der Waals surface area contributed by atoms with Gasteiger partial charge in [-0.15, -0.1) is 0 Å². The lowest BCUT2D eigenvalue weighted by Crippen LogP contribution is -2.18. The highest BCUT2D eigenvalue weighted by Crippen LogP contribution is 2.21. The number of fused-ring (bicyclic) bond motifs is 1. The van der Waals surface area contributed by atoms with E-state index in [9.17, 15) is 0 Å². The number of unbranched alkanes of at least 4 members (excludes halogenated alkanes) is 2. The fourth-order valence-electron chi connectivity index (χ4n) is 2.57. The van der Waals surface area contributed by atoms with Crippen LogP contribution < -0.4 is 5.32 Å². The molecule has 1 aromatic carbocycles. The molecule has 0 saturated carbocycles. The number of aromatic nitrogens is 1. The van der Waals surface area contributed by atoms with Gasteiger partial charge in [0.25, 0.3) is 0 Å². The molecule has 0 fully saturated rings. The molecule has 110 valence electrons. The molecule has 0 aliphatic rings.